The van der Waals surface area contributed by atoms with Crippen LogP contribution in [-0.4, -0.2) is 34.4 Å². The van der Waals surface area contributed by atoms with Gasteiger partial charge in [-0.1, -0.05) is 42.5 Å². The summed E-state index contributed by atoms with van der Waals surface area (Å²) < 4.78 is 52.0. The van der Waals surface area contributed by atoms with Crippen LogP contribution in [0.4, 0.5) is 13.2 Å². The Kier molecular flexibility index (Phi) is 6.58. The molecule has 0 radical (unpaired) electrons. The lowest BCUT2D eigenvalue weighted by Gasteiger charge is -2.43. The van der Waals surface area contributed by atoms with E-state index in [-0.39, 0.29) is 30.5 Å². The third-order valence-corrected chi connectivity index (χ3v) is 6.92. The van der Waals surface area contributed by atoms with Crippen molar-refractivity contribution in [3.8, 4) is 5.75 Å². The molecule has 0 bridgehead atoms. The monoisotopic (exact) mass is 506 g/mol. The number of carbonyl (C=O) groups excluding carboxylic acids is 1. The van der Waals surface area contributed by atoms with Crippen molar-refractivity contribution in [1.29, 1.82) is 0 Å². The fourth-order valence-electron chi connectivity index (χ4n) is 5.26. The molecule has 2 atom stereocenters. The SMILES string of the molecule is C[C@@H]1Cc2c([nH]c3ccccc23)[C@@H](c2c(F)cc(OCc3ccc(C=O)cc3)cc2F)N1CC(C)(C)F. The van der Waals surface area contributed by atoms with Gasteiger partial charge in [0.2, 0.25) is 0 Å². The Labute approximate surface area is 214 Å². The highest BCUT2D eigenvalue weighted by Crippen LogP contribution is 2.43. The average molecular weight is 507 g/mol. The van der Waals surface area contributed by atoms with Crippen LogP contribution in [0.15, 0.2) is 60.7 Å². The molecule has 0 amide bonds. The Bertz CT molecular complexity index is 1420. The first-order valence-corrected chi connectivity index (χ1v) is 12.3. The minimum absolute atomic E-state index is 0.0154. The lowest BCUT2D eigenvalue weighted by Crippen LogP contribution is -2.48. The first-order chi connectivity index (χ1) is 17.6. The Balaban J connectivity index is 1.54. The van der Waals surface area contributed by atoms with Crippen LogP contribution in [0.5, 0.6) is 5.75 Å². The second-order valence-electron chi connectivity index (χ2n) is 10.4. The van der Waals surface area contributed by atoms with Crippen LogP contribution in [0.25, 0.3) is 10.9 Å². The number of nitrogens with zero attached hydrogens (tertiary/aromatic N) is 1. The van der Waals surface area contributed by atoms with Gasteiger partial charge < -0.3 is 9.72 Å². The first-order valence-electron chi connectivity index (χ1n) is 12.3. The number of carbonyl (C=O) groups is 1. The summed E-state index contributed by atoms with van der Waals surface area (Å²) in [5.41, 5.74) is 2.16. The smallest absolute Gasteiger partial charge is 0.150 e. The molecule has 37 heavy (non-hydrogen) atoms. The van der Waals surface area contributed by atoms with Crippen molar-refractivity contribution in [1.82, 2.24) is 9.88 Å². The molecule has 1 aliphatic heterocycles. The molecule has 0 fully saturated rings. The van der Waals surface area contributed by atoms with E-state index in [0.717, 1.165) is 28.3 Å². The van der Waals surface area contributed by atoms with Crippen molar-refractivity contribution in [3.05, 3.63) is 100 Å². The van der Waals surface area contributed by atoms with Crippen LogP contribution in [0, 0.1) is 11.6 Å². The van der Waals surface area contributed by atoms with E-state index in [1.807, 2.05) is 36.1 Å². The molecule has 1 aromatic heterocycles. The predicted molar refractivity (Wildman–Crippen MR) is 138 cm³/mol. The third-order valence-electron chi connectivity index (χ3n) is 6.92. The second kappa shape index (κ2) is 9.71. The molecule has 2 heterocycles. The maximum atomic E-state index is 15.7. The second-order valence-corrected chi connectivity index (χ2v) is 10.4. The molecule has 0 unspecified atom stereocenters. The van der Waals surface area contributed by atoms with Crippen LogP contribution < -0.4 is 4.74 Å². The van der Waals surface area contributed by atoms with E-state index in [1.165, 1.54) is 26.0 Å². The number of rotatable bonds is 7. The Morgan fingerprint density at radius 1 is 1.08 bits per heavy atom. The summed E-state index contributed by atoms with van der Waals surface area (Å²) in [7, 11) is 0. The number of H-pyrrole nitrogens is 1. The van der Waals surface area contributed by atoms with Gasteiger partial charge in [-0.2, -0.15) is 0 Å². The van der Waals surface area contributed by atoms with Crippen molar-refractivity contribution in [3.63, 3.8) is 0 Å². The molecule has 192 valence electrons. The lowest BCUT2D eigenvalue weighted by molar-refractivity contribution is 0.0642. The molecule has 0 aliphatic carbocycles. The summed E-state index contributed by atoms with van der Waals surface area (Å²) in [4.78, 5) is 16.1. The summed E-state index contributed by atoms with van der Waals surface area (Å²) in [6.07, 6.45) is 1.38. The minimum atomic E-state index is -1.56. The highest BCUT2D eigenvalue weighted by molar-refractivity contribution is 5.85. The number of halogens is 3. The van der Waals surface area contributed by atoms with Crippen molar-refractivity contribution in [2.75, 3.05) is 6.54 Å². The molecule has 0 spiro atoms. The normalized spacial score (nSPS) is 18.1. The summed E-state index contributed by atoms with van der Waals surface area (Å²) in [6.45, 7) is 5.02. The van der Waals surface area contributed by atoms with Crippen molar-refractivity contribution in [2.45, 2.75) is 51.6 Å². The van der Waals surface area contributed by atoms with Crippen LogP contribution in [-0.2, 0) is 13.0 Å². The molecule has 5 rings (SSSR count). The van der Waals surface area contributed by atoms with Gasteiger partial charge in [0.15, 0.2) is 0 Å². The van der Waals surface area contributed by atoms with Gasteiger partial charge in [-0.3, -0.25) is 9.69 Å². The number of para-hydroxylation sites is 1. The van der Waals surface area contributed by atoms with E-state index in [0.29, 0.717) is 17.7 Å². The zero-order chi connectivity index (χ0) is 26.3. The van der Waals surface area contributed by atoms with Gasteiger partial charge in [-0.15, -0.1) is 0 Å². The molecule has 0 saturated heterocycles. The molecule has 3 aromatic carbocycles. The highest BCUT2D eigenvalue weighted by atomic mass is 19.1. The van der Waals surface area contributed by atoms with Crippen LogP contribution >= 0.6 is 0 Å². The molecular formula is C30H29F3N2O2. The largest absolute Gasteiger partial charge is 0.489 e. The molecule has 7 heteroatoms. The molecule has 1 N–H and O–H groups in total. The summed E-state index contributed by atoms with van der Waals surface area (Å²) in [5, 5.41) is 1.01. The molecule has 0 saturated carbocycles. The minimum Gasteiger partial charge on any atom is -0.489 e. The number of ether oxygens (including phenoxy) is 1. The van der Waals surface area contributed by atoms with E-state index < -0.39 is 23.3 Å². The number of fused-ring (bicyclic) bond motifs is 3. The van der Waals surface area contributed by atoms with Crippen molar-refractivity contribution < 1.29 is 22.7 Å². The van der Waals surface area contributed by atoms with Crippen LogP contribution in [0.1, 0.15) is 59.6 Å². The zero-order valence-electron chi connectivity index (χ0n) is 21.0. The molecule has 4 nitrogen and oxygen atoms in total. The zero-order valence-corrected chi connectivity index (χ0v) is 21.0. The predicted octanol–water partition coefficient (Wildman–Crippen LogP) is 6.92. The number of hydrogen-bond acceptors (Lipinski definition) is 3. The van der Waals surface area contributed by atoms with E-state index in [4.69, 9.17) is 4.74 Å². The van der Waals surface area contributed by atoms with E-state index in [1.54, 1.807) is 24.3 Å². The fourth-order valence-corrected chi connectivity index (χ4v) is 5.26. The van der Waals surface area contributed by atoms with Gasteiger partial charge in [-0.05, 0) is 44.4 Å². The van der Waals surface area contributed by atoms with E-state index in [2.05, 4.69) is 4.98 Å². The Morgan fingerprint density at radius 2 is 1.76 bits per heavy atom. The van der Waals surface area contributed by atoms with Crippen molar-refractivity contribution in [2.24, 2.45) is 0 Å². The number of hydrogen-bond donors (Lipinski definition) is 1. The van der Waals surface area contributed by atoms with Gasteiger partial charge in [-0.25, -0.2) is 13.2 Å². The quantitative estimate of drug-likeness (QED) is 0.277. The van der Waals surface area contributed by atoms with Gasteiger partial charge in [0, 0.05) is 52.4 Å². The number of nitrogens with one attached hydrogen (secondary N) is 1. The topological polar surface area (TPSA) is 45.3 Å². The number of aromatic amines is 1. The molecule has 4 aromatic rings. The summed E-state index contributed by atoms with van der Waals surface area (Å²) in [6, 6.07) is 15.9. The average Bonchev–Trinajstić information content (AvgIpc) is 3.21. The first kappa shape index (κ1) is 25.1. The fraction of sp³-hybridized carbons (Fsp3) is 0.300. The van der Waals surface area contributed by atoms with Gasteiger partial charge in [0.1, 0.15) is 35.9 Å². The van der Waals surface area contributed by atoms with Crippen molar-refractivity contribution >= 4 is 17.2 Å². The number of aldehydes is 1. The molecular weight excluding hydrogens is 477 g/mol. The van der Waals surface area contributed by atoms with Crippen LogP contribution in [0.2, 0.25) is 0 Å². The summed E-state index contributed by atoms with van der Waals surface area (Å²) >= 11 is 0. The lowest BCUT2D eigenvalue weighted by atomic mass is 9.87. The van der Waals surface area contributed by atoms with Gasteiger partial charge in [0.25, 0.3) is 0 Å². The number of alkyl halides is 1. The number of aromatic nitrogens is 1. The third kappa shape index (κ3) is 5.01. The number of benzene rings is 3. The van der Waals surface area contributed by atoms with Crippen LogP contribution in [0.3, 0.4) is 0 Å². The Hall–Kier alpha value is -3.58. The van der Waals surface area contributed by atoms with E-state index >= 15 is 8.78 Å². The molecule has 1 aliphatic rings. The highest BCUT2D eigenvalue weighted by Gasteiger charge is 2.41. The maximum Gasteiger partial charge on any atom is 0.150 e. The Morgan fingerprint density at radius 3 is 2.41 bits per heavy atom. The maximum absolute atomic E-state index is 15.7. The van der Waals surface area contributed by atoms with Gasteiger partial charge in [0.05, 0.1) is 6.04 Å². The van der Waals surface area contributed by atoms with E-state index in [9.17, 15) is 9.18 Å². The van der Waals surface area contributed by atoms with Gasteiger partial charge >= 0.3 is 0 Å². The summed E-state index contributed by atoms with van der Waals surface area (Å²) in [5.74, 6) is -1.45. The standard InChI is InChI=1S/C30H29F3N2O2/c1-18-12-23-22-6-4-5-7-26(22)34-28(23)29(35(18)17-30(2,3)33)27-24(31)13-21(14-25(27)32)37-16-20-10-8-19(15-36)9-11-20/h4-11,13-15,18,29,34H,12,16-17H2,1-3H3/t18-,29-/m1/s1.